The molecule has 1 aliphatic heterocycles. The lowest BCUT2D eigenvalue weighted by Gasteiger charge is -2.42. The van der Waals surface area contributed by atoms with Gasteiger partial charge in [0.05, 0.1) is 0 Å². The van der Waals surface area contributed by atoms with Crippen molar-refractivity contribution in [3.05, 3.63) is 28.2 Å². The van der Waals surface area contributed by atoms with E-state index in [9.17, 15) is 0 Å². The summed E-state index contributed by atoms with van der Waals surface area (Å²) in [5.41, 5.74) is 3.02. The second kappa shape index (κ2) is 3.82. The van der Waals surface area contributed by atoms with Crippen molar-refractivity contribution >= 4 is 21.6 Å². The third kappa shape index (κ3) is 1.69. The van der Waals surface area contributed by atoms with Crippen LogP contribution in [-0.4, -0.2) is 12.6 Å². The number of nitrogens with zero attached hydrogens (tertiary/aromatic N) is 1. The summed E-state index contributed by atoms with van der Waals surface area (Å²) in [6, 6.07) is 7.59. The van der Waals surface area contributed by atoms with E-state index in [1.807, 2.05) is 0 Å². The van der Waals surface area contributed by atoms with Gasteiger partial charge in [-0.1, -0.05) is 15.9 Å². The number of aryl methyl sites for hydroxylation is 1. The highest BCUT2D eigenvalue weighted by molar-refractivity contribution is 9.10. The SMILES string of the molecule is Brc1ccc2c(c1)CCCN2C1CCC1. The summed E-state index contributed by atoms with van der Waals surface area (Å²) in [4.78, 5) is 2.63. The van der Waals surface area contributed by atoms with Crippen molar-refractivity contribution in [2.24, 2.45) is 0 Å². The van der Waals surface area contributed by atoms with Crippen molar-refractivity contribution in [3.63, 3.8) is 0 Å². The number of anilines is 1. The average molecular weight is 266 g/mol. The van der Waals surface area contributed by atoms with Gasteiger partial charge in [0, 0.05) is 22.7 Å². The van der Waals surface area contributed by atoms with Crippen LogP contribution in [0.15, 0.2) is 22.7 Å². The number of rotatable bonds is 1. The summed E-state index contributed by atoms with van der Waals surface area (Å²) in [6.07, 6.45) is 6.79. The molecule has 2 heteroatoms. The molecule has 0 bridgehead atoms. The molecule has 80 valence electrons. The Morgan fingerprint density at radius 2 is 2.07 bits per heavy atom. The average Bonchev–Trinajstić information content (AvgIpc) is 2.15. The van der Waals surface area contributed by atoms with Crippen LogP contribution in [0.25, 0.3) is 0 Å². The highest BCUT2D eigenvalue weighted by Gasteiger charge is 2.28. The van der Waals surface area contributed by atoms with Crippen LogP contribution < -0.4 is 4.90 Å². The molecule has 15 heavy (non-hydrogen) atoms. The molecule has 0 amide bonds. The zero-order valence-electron chi connectivity index (χ0n) is 8.88. The molecule has 0 unspecified atom stereocenters. The van der Waals surface area contributed by atoms with Crippen LogP contribution in [0.5, 0.6) is 0 Å². The smallest absolute Gasteiger partial charge is 0.0402 e. The van der Waals surface area contributed by atoms with Gasteiger partial charge in [-0.3, -0.25) is 0 Å². The molecule has 0 radical (unpaired) electrons. The predicted octanol–water partition coefficient (Wildman–Crippen LogP) is 3.75. The second-order valence-electron chi connectivity index (χ2n) is 4.65. The van der Waals surface area contributed by atoms with Crippen LogP contribution in [0.3, 0.4) is 0 Å². The number of fused-ring (bicyclic) bond motifs is 1. The molecule has 1 saturated carbocycles. The molecular weight excluding hydrogens is 250 g/mol. The fourth-order valence-corrected chi connectivity index (χ4v) is 3.08. The number of hydrogen-bond acceptors (Lipinski definition) is 1. The van der Waals surface area contributed by atoms with Gasteiger partial charge in [-0.05, 0) is 55.9 Å². The van der Waals surface area contributed by atoms with Crippen LogP contribution >= 0.6 is 15.9 Å². The van der Waals surface area contributed by atoms with Gasteiger partial charge < -0.3 is 4.90 Å². The molecule has 1 heterocycles. The first-order valence-electron chi connectivity index (χ1n) is 5.90. The molecule has 0 saturated heterocycles. The van der Waals surface area contributed by atoms with Crippen LogP contribution in [0, 0.1) is 0 Å². The van der Waals surface area contributed by atoms with E-state index in [1.54, 1.807) is 0 Å². The van der Waals surface area contributed by atoms with Crippen LogP contribution in [0.4, 0.5) is 5.69 Å². The summed E-state index contributed by atoms with van der Waals surface area (Å²) in [6.45, 7) is 1.26. The fraction of sp³-hybridized carbons (Fsp3) is 0.538. The van der Waals surface area contributed by atoms with E-state index in [4.69, 9.17) is 0 Å². The maximum absolute atomic E-state index is 3.56. The normalized spacial score (nSPS) is 21.0. The second-order valence-corrected chi connectivity index (χ2v) is 5.57. The van der Waals surface area contributed by atoms with Crippen molar-refractivity contribution in [2.75, 3.05) is 11.4 Å². The van der Waals surface area contributed by atoms with Crippen molar-refractivity contribution in [1.29, 1.82) is 0 Å². The lowest BCUT2D eigenvalue weighted by Crippen LogP contribution is -2.43. The largest absolute Gasteiger partial charge is 0.368 e. The summed E-state index contributed by atoms with van der Waals surface area (Å²) < 4.78 is 1.22. The first-order valence-corrected chi connectivity index (χ1v) is 6.69. The molecule has 3 rings (SSSR count). The molecular formula is C13H16BrN. The number of halogens is 1. The van der Waals surface area contributed by atoms with Gasteiger partial charge in [0.2, 0.25) is 0 Å². The minimum absolute atomic E-state index is 0.838. The van der Waals surface area contributed by atoms with Crippen LogP contribution in [0.2, 0.25) is 0 Å². The first-order chi connectivity index (χ1) is 7.34. The highest BCUT2D eigenvalue weighted by atomic mass is 79.9. The van der Waals surface area contributed by atoms with Gasteiger partial charge in [-0.15, -0.1) is 0 Å². The zero-order chi connectivity index (χ0) is 10.3. The zero-order valence-corrected chi connectivity index (χ0v) is 10.5. The van der Waals surface area contributed by atoms with Crippen molar-refractivity contribution < 1.29 is 0 Å². The van der Waals surface area contributed by atoms with Gasteiger partial charge in [-0.2, -0.15) is 0 Å². The monoisotopic (exact) mass is 265 g/mol. The Kier molecular flexibility index (Phi) is 2.47. The lowest BCUT2D eigenvalue weighted by atomic mass is 9.88. The lowest BCUT2D eigenvalue weighted by molar-refractivity contribution is 0.379. The first kappa shape index (κ1) is 9.71. The van der Waals surface area contributed by atoms with E-state index in [2.05, 4.69) is 39.0 Å². The third-order valence-electron chi connectivity index (χ3n) is 3.71. The molecule has 0 spiro atoms. The Morgan fingerprint density at radius 3 is 2.80 bits per heavy atom. The Morgan fingerprint density at radius 1 is 1.20 bits per heavy atom. The van der Waals surface area contributed by atoms with Crippen LogP contribution in [0.1, 0.15) is 31.2 Å². The van der Waals surface area contributed by atoms with E-state index in [-0.39, 0.29) is 0 Å². The molecule has 1 aromatic rings. The Labute approximate surface area is 99.6 Å². The molecule has 0 atom stereocenters. The van der Waals surface area contributed by atoms with E-state index in [0.29, 0.717) is 0 Å². The Bertz CT molecular complexity index is 371. The summed E-state index contributed by atoms with van der Waals surface area (Å²) >= 11 is 3.56. The van der Waals surface area contributed by atoms with Gasteiger partial charge in [0.1, 0.15) is 0 Å². The maximum Gasteiger partial charge on any atom is 0.0402 e. The van der Waals surface area contributed by atoms with E-state index >= 15 is 0 Å². The molecule has 0 N–H and O–H groups in total. The number of hydrogen-bond donors (Lipinski definition) is 0. The summed E-state index contributed by atoms with van der Waals surface area (Å²) in [7, 11) is 0. The van der Waals surface area contributed by atoms with Gasteiger partial charge >= 0.3 is 0 Å². The minimum Gasteiger partial charge on any atom is -0.368 e. The van der Waals surface area contributed by atoms with Crippen molar-refractivity contribution in [2.45, 2.75) is 38.1 Å². The third-order valence-corrected chi connectivity index (χ3v) is 4.20. The molecule has 1 fully saturated rings. The van der Waals surface area contributed by atoms with E-state index in [1.165, 1.54) is 54.4 Å². The van der Waals surface area contributed by atoms with Gasteiger partial charge in [0.25, 0.3) is 0 Å². The summed E-state index contributed by atoms with van der Waals surface area (Å²) in [5.74, 6) is 0. The Hall–Kier alpha value is -0.500. The predicted molar refractivity (Wildman–Crippen MR) is 67.4 cm³/mol. The quantitative estimate of drug-likeness (QED) is 0.748. The maximum atomic E-state index is 3.56. The van der Waals surface area contributed by atoms with E-state index < -0.39 is 0 Å². The number of benzene rings is 1. The molecule has 1 aliphatic carbocycles. The fourth-order valence-electron chi connectivity index (χ4n) is 2.67. The van der Waals surface area contributed by atoms with Gasteiger partial charge in [-0.25, -0.2) is 0 Å². The molecule has 2 aliphatic rings. The van der Waals surface area contributed by atoms with Gasteiger partial charge in [0.15, 0.2) is 0 Å². The Balaban J connectivity index is 1.95. The van der Waals surface area contributed by atoms with Crippen LogP contribution in [-0.2, 0) is 6.42 Å². The van der Waals surface area contributed by atoms with Crippen molar-refractivity contribution in [3.8, 4) is 0 Å². The molecule has 0 aromatic heterocycles. The molecule has 1 aromatic carbocycles. The van der Waals surface area contributed by atoms with Crippen molar-refractivity contribution in [1.82, 2.24) is 0 Å². The molecule has 1 nitrogen and oxygen atoms in total. The standard InChI is InChI=1S/C13H16BrN/c14-11-6-7-13-10(9-11)3-2-8-15(13)12-4-1-5-12/h6-7,9,12H,1-5,8H2. The highest BCUT2D eigenvalue weighted by Crippen LogP contribution is 2.36. The summed E-state index contributed by atoms with van der Waals surface area (Å²) in [5, 5.41) is 0. The topological polar surface area (TPSA) is 3.24 Å². The minimum atomic E-state index is 0.838. The van der Waals surface area contributed by atoms with E-state index in [0.717, 1.165) is 6.04 Å².